The highest BCUT2D eigenvalue weighted by Crippen LogP contribution is 2.21. The Kier molecular flexibility index (Phi) is 16.3. The summed E-state index contributed by atoms with van der Waals surface area (Å²) in [7, 11) is 0. The predicted octanol–water partition coefficient (Wildman–Crippen LogP) is 4.88. The van der Waals surface area contributed by atoms with E-state index in [4.69, 9.17) is 27.9 Å². The summed E-state index contributed by atoms with van der Waals surface area (Å²) in [6.07, 6.45) is 8.79. The van der Waals surface area contributed by atoms with Gasteiger partial charge in [-0.2, -0.15) is 0 Å². The lowest BCUT2D eigenvalue weighted by Crippen LogP contribution is -2.30. The molecular weight excluding hydrogens is 335 g/mol. The van der Waals surface area contributed by atoms with Crippen molar-refractivity contribution in [3.05, 3.63) is 0 Å². The van der Waals surface area contributed by atoms with Crippen molar-refractivity contribution in [2.75, 3.05) is 11.8 Å². The van der Waals surface area contributed by atoms with Crippen LogP contribution in [0.4, 0.5) is 0 Å². The van der Waals surface area contributed by atoms with Gasteiger partial charge in [-0.05, 0) is 12.8 Å². The van der Waals surface area contributed by atoms with Crippen molar-refractivity contribution >= 4 is 23.2 Å². The lowest BCUT2D eigenvalue weighted by atomic mass is 10.0. The van der Waals surface area contributed by atoms with E-state index >= 15 is 0 Å². The Balaban J connectivity index is 4.56. The average molecular weight is 371 g/mol. The molecule has 0 fully saturated rings. The Morgan fingerprint density at radius 2 is 1.13 bits per heavy atom. The Bertz CT molecular complexity index is 230. The minimum atomic E-state index is -0.530. The first-order valence-corrected chi connectivity index (χ1v) is 10.3. The van der Waals surface area contributed by atoms with Gasteiger partial charge in [-0.1, -0.05) is 52.4 Å². The Labute approximate surface area is 152 Å². The van der Waals surface area contributed by atoms with E-state index in [1.165, 1.54) is 12.8 Å². The number of alkyl halides is 2. The van der Waals surface area contributed by atoms with E-state index in [0.717, 1.165) is 38.5 Å². The van der Waals surface area contributed by atoms with Gasteiger partial charge in [0, 0.05) is 24.6 Å². The van der Waals surface area contributed by atoms with Crippen LogP contribution < -0.4 is 0 Å². The lowest BCUT2D eigenvalue weighted by molar-refractivity contribution is -0.0576. The van der Waals surface area contributed by atoms with E-state index in [2.05, 4.69) is 13.8 Å². The number of aliphatic hydroxyl groups is 2. The molecule has 140 valence electrons. The van der Waals surface area contributed by atoms with Crippen LogP contribution in [0.3, 0.4) is 0 Å². The summed E-state index contributed by atoms with van der Waals surface area (Å²) in [5, 5.41) is 19.7. The molecule has 0 amide bonds. The summed E-state index contributed by atoms with van der Waals surface area (Å²) in [5.74, 6) is 0.469. The molecule has 0 spiro atoms. The van der Waals surface area contributed by atoms with E-state index < -0.39 is 12.2 Å². The predicted molar refractivity (Wildman–Crippen MR) is 99.6 cm³/mol. The van der Waals surface area contributed by atoms with Crippen LogP contribution in [0.5, 0.6) is 0 Å². The van der Waals surface area contributed by atoms with Crippen molar-refractivity contribution in [1.29, 1.82) is 0 Å². The van der Waals surface area contributed by atoms with E-state index in [0.29, 0.717) is 12.8 Å². The Morgan fingerprint density at radius 3 is 1.43 bits per heavy atom. The highest BCUT2D eigenvalue weighted by atomic mass is 35.5. The smallest absolute Gasteiger partial charge is 0.0700 e. The maximum absolute atomic E-state index is 9.86. The third kappa shape index (κ3) is 13.4. The van der Waals surface area contributed by atoms with Crippen LogP contribution in [0.2, 0.25) is 0 Å². The van der Waals surface area contributed by atoms with Gasteiger partial charge >= 0.3 is 0 Å². The molecule has 4 unspecified atom stereocenters. The number of hydrogen-bond acceptors (Lipinski definition) is 3. The summed E-state index contributed by atoms with van der Waals surface area (Å²) in [6.45, 7) is 4.35. The maximum atomic E-state index is 9.86. The molecule has 0 bridgehead atoms. The van der Waals surface area contributed by atoms with Crippen LogP contribution in [0.25, 0.3) is 0 Å². The zero-order valence-electron chi connectivity index (χ0n) is 14.9. The highest BCUT2D eigenvalue weighted by molar-refractivity contribution is 6.18. The topological polar surface area (TPSA) is 49.7 Å². The average Bonchev–Trinajstić information content (AvgIpc) is 2.54. The van der Waals surface area contributed by atoms with Crippen LogP contribution in [0.15, 0.2) is 0 Å². The second kappa shape index (κ2) is 16.0. The second-order valence-corrected chi connectivity index (χ2v) is 7.08. The normalized spacial score (nSPS) is 17.0. The minimum Gasteiger partial charge on any atom is -0.392 e. The number of unbranched alkanes of at least 4 members (excludes halogenated alkanes) is 4. The number of halogens is 2. The number of ether oxygens (including phenoxy) is 1. The quantitative estimate of drug-likeness (QED) is 0.300. The summed E-state index contributed by atoms with van der Waals surface area (Å²) >= 11 is 11.5. The molecule has 0 aromatic carbocycles. The first kappa shape index (κ1) is 23.5. The largest absolute Gasteiger partial charge is 0.392 e. The van der Waals surface area contributed by atoms with Gasteiger partial charge in [0.2, 0.25) is 0 Å². The molecule has 0 aromatic heterocycles. The molecule has 3 nitrogen and oxygen atoms in total. The second-order valence-electron chi connectivity index (χ2n) is 6.46. The molecule has 0 aliphatic rings. The molecule has 0 saturated heterocycles. The SMILES string of the molecule is CCCCCC(CC(O)CCl)OC(CCCCC)CC(O)CCl. The molecule has 0 rings (SSSR count). The van der Waals surface area contributed by atoms with Crippen LogP contribution in [0, 0.1) is 0 Å². The molecular formula is C18H36Cl2O3. The summed E-state index contributed by atoms with van der Waals surface area (Å²) in [6, 6.07) is 0. The lowest BCUT2D eigenvalue weighted by Gasteiger charge is -2.27. The Morgan fingerprint density at radius 1 is 0.739 bits per heavy atom. The minimum absolute atomic E-state index is 0.00412. The maximum Gasteiger partial charge on any atom is 0.0700 e. The van der Waals surface area contributed by atoms with Crippen molar-refractivity contribution < 1.29 is 14.9 Å². The summed E-state index contributed by atoms with van der Waals surface area (Å²) < 4.78 is 6.25. The highest BCUT2D eigenvalue weighted by Gasteiger charge is 2.21. The van der Waals surface area contributed by atoms with Crippen molar-refractivity contribution in [3.63, 3.8) is 0 Å². The molecule has 2 N–H and O–H groups in total. The third-order valence-electron chi connectivity index (χ3n) is 4.07. The van der Waals surface area contributed by atoms with Gasteiger partial charge in [-0.3, -0.25) is 0 Å². The number of hydrogen-bond donors (Lipinski definition) is 2. The van der Waals surface area contributed by atoms with E-state index in [-0.39, 0.29) is 24.0 Å². The number of aliphatic hydroxyl groups excluding tert-OH is 2. The van der Waals surface area contributed by atoms with Gasteiger partial charge in [-0.15, -0.1) is 23.2 Å². The van der Waals surface area contributed by atoms with E-state index in [1.807, 2.05) is 0 Å². The van der Waals surface area contributed by atoms with Crippen molar-refractivity contribution in [1.82, 2.24) is 0 Å². The molecule has 0 saturated carbocycles. The van der Waals surface area contributed by atoms with Crippen molar-refractivity contribution in [2.45, 2.75) is 102 Å². The molecule has 5 heteroatoms. The van der Waals surface area contributed by atoms with Gasteiger partial charge in [0.05, 0.1) is 24.4 Å². The van der Waals surface area contributed by atoms with Crippen LogP contribution in [0.1, 0.15) is 78.1 Å². The fourth-order valence-corrected chi connectivity index (χ4v) is 2.98. The standard InChI is InChI=1S/C18H36Cl2O3/c1-3-5-7-9-17(11-15(21)13-19)23-18(10-8-6-4-2)12-16(22)14-20/h15-18,21-22H,3-14H2,1-2H3. The van der Waals surface area contributed by atoms with Crippen LogP contribution in [-0.2, 0) is 4.74 Å². The molecule has 23 heavy (non-hydrogen) atoms. The first-order valence-electron chi connectivity index (χ1n) is 9.20. The fraction of sp³-hybridized carbons (Fsp3) is 1.00. The number of rotatable bonds is 16. The molecule has 0 aliphatic heterocycles. The summed E-state index contributed by atoms with van der Waals surface area (Å²) in [5.41, 5.74) is 0. The summed E-state index contributed by atoms with van der Waals surface area (Å²) in [4.78, 5) is 0. The Hall–Kier alpha value is 0.460. The third-order valence-corrected chi connectivity index (χ3v) is 4.78. The zero-order chi connectivity index (χ0) is 17.5. The molecule has 0 radical (unpaired) electrons. The molecule has 4 atom stereocenters. The molecule has 0 heterocycles. The van der Waals surface area contributed by atoms with Crippen molar-refractivity contribution in [3.8, 4) is 0 Å². The van der Waals surface area contributed by atoms with Gasteiger partial charge in [0.25, 0.3) is 0 Å². The van der Waals surface area contributed by atoms with E-state index in [1.54, 1.807) is 0 Å². The zero-order valence-corrected chi connectivity index (χ0v) is 16.4. The van der Waals surface area contributed by atoms with Crippen LogP contribution >= 0.6 is 23.2 Å². The van der Waals surface area contributed by atoms with Gasteiger partial charge in [0.15, 0.2) is 0 Å². The van der Waals surface area contributed by atoms with Gasteiger partial charge in [-0.25, -0.2) is 0 Å². The molecule has 0 aliphatic carbocycles. The monoisotopic (exact) mass is 370 g/mol. The molecule has 0 aromatic rings. The van der Waals surface area contributed by atoms with Gasteiger partial charge in [0.1, 0.15) is 0 Å². The first-order chi connectivity index (χ1) is 11.1. The van der Waals surface area contributed by atoms with Gasteiger partial charge < -0.3 is 14.9 Å². The van der Waals surface area contributed by atoms with E-state index in [9.17, 15) is 10.2 Å². The van der Waals surface area contributed by atoms with Crippen LogP contribution in [-0.4, -0.2) is 46.4 Å². The fourth-order valence-electron chi connectivity index (χ4n) is 2.73. The van der Waals surface area contributed by atoms with Crippen molar-refractivity contribution in [2.24, 2.45) is 0 Å².